The van der Waals surface area contributed by atoms with Crippen molar-refractivity contribution in [2.24, 2.45) is 5.92 Å². The summed E-state index contributed by atoms with van der Waals surface area (Å²) in [5, 5.41) is 5.13. The van der Waals surface area contributed by atoms with Gasteiger partial charge in [0.05, 0.1) is 4.90 Å². The fraction of sp³-hybridized carbons (Fsp3) is 0.500. The van der Waals surface area contributed by atoms with E-state index < -0.39 is 10.0 Å². The molecule has 0 bridgehead atoms. The Bertz CT molecular complexity index is 946. The molecule has 1 N–H and O–H groups in total. The molecule has 1 aromatic heterocycles. The SMILES string of the molecule is O=C(NCC1CCN(Cc2cccs2)CC1)c1cccc(S(=O)(=O)N2CCCC2)c1. The molecule has 4 rings (SSSR count). The van der Waals surface area contributed by atoms with E-state index in [-0.39, 0.29) is 10.8 Å². The van der Waals surface area contributed by atoms with Gasteiger partial charge in [0.2, 0.25) is 10.0 Å². The van der Waals surface area contributed by atoms with Crippen LogP contribution < -0.4 is 5.32 Å². The molecule has 6 nitrogen and oxygen atoms in total. The number of nitrogens with one attached hydrogen (secondary N) is 1. The third-order valence-electron chi connectivity index (χ3n) is 6.02. The minimum Gasteiger partial charge on any atom is -0.352 e. The number of hydrogen-bond donors (Lipinski definition) is 1. The highest BCUT2D eigenvalue weighted by Crippen LogP contribution is 2.22. The van der Waals surface area contributed by atoms with Gasteiger partial charge in [0.1, 0.15) is 0 Å². The number of carbonyl (C=O) groups is 1. The lowest BCUT2D eigenvalue weighted by molar-refractivity contribution is 0.0935. The Hall–Kier alpha value is -1.74. The molecule has 162 valence electrons. The molecule has 3 heterocycles. The third-order valence-corrected chi connectivity index (χ3v) is 8.77. The quantitative estimate of drug-likeness (QED) is 0.708. The summed E-state index contributed by atoms with van der Waals surface area (Å²) in [5.41, 5.74) is 0.408. The third kappa shape index (κ3) is 5.11. The number of likely N-dealkylation sites (tertiary alicyclic amines) is 1. The van der Waals surface area contributed by atoms with E-state index in [0.717, 1.165) is 45.3 Å². The second-order valence-electron chi connectivity index (χ2n) is 8.15. The Morgan fingerprint density at radius 2 is 1.83 bits per heavy atom. The van der Waals surface area contributed by atoms with Crippen LogP contribution >= 0.6 is 11.3 Å². The van der Waals surface area contributed by atoms with Gasteiger partial charge in [0, 0.05) is 36.6 Å². The predicted octanol–water partition coefficient (Wildman–Crippen LogP) is 3.17. The Balaban J connectivity index is 1.28. The largest absolute Gasteiger partial charge is 0.352 e. The monoisotopic (exact) mass is 447 g/mol. The van der Waals surface area contributed by atoms with Gasteiger partial charge in [-0.25, -0.2) is 8.42 Å². The number of rotatable bonds is 7. The van der Waals surface area contributed by atoms with Crippen molar-refractivity contribution in [3.05, 3.63) is 52.2 Å². The molecule has 1 amide bonds. The summed E-state index contributed by atoms with van der Waals surface area (Å²) in [6.07, 6.45) is 3.92. The Morgan fingerprint density at radius 3 is 2.53 bits per heavy atom. The minimum absolute atomic E-state index is 0.200. The van der Waals surface area contributed by atoms with Crippen LogP contribution in [0.1, 0.15) is 40.9 Å². The van der Waals surface area contributed by atoms with Crippen LogP contribution in [0.25, 0.3) is 0 Å². The molecule has 2 aliphatic heterocycles. The first-order valence-electron chi connectivity index (χ1n) is 10.7. The molecule has 1 aromatic carbocycles. The first kappa shape index (κ1) is 21.5. The first-order chi connectivity index (χ1) is 14.5. The standard InChI is InChI=1S/C22H29N3O3S2/c26-22(19-5-3-7-21(15-19)30(27,28)25-10-1-2-11-25)23-16-18-8-12-24(13-9-18)17-20-6-4-14-29-20/h3-7,14-15,18H,1-2,8-13,16-17H2,(H,23,26). The maximum Gasteiger partial charge on any atom is 0.251 e. The molecule has 2 aromatic rings. The number of piperidine rings is 1. The first-order valence-corrected chi connectivity index (χ1v) is 13.0. The van der Waals surface area contributed by atoms with E-state index >= 15 is 0 Å². The molecule has 2 saturated heterocycles. The van der Waals surface area contributed by atoms with E-state index in [0.29, 0.717) is 31.1 Å². The highest BCUT2D eigenvalue weighted by Gasteiger charge is 2.28. The summed E-state index contributed by atoms with van der Waals surface area (Å²) in [4.78, 5) is 16.7. The second kappa shape index (κ2) is 9.60. The maximum absolute atomic E-state index is 12.7. The summed E-state index contributed by atoms with van der Waals surface area (Å²) >= 11 is 1.80. The number of benzene rings is 1. The van der Waals surface area contributed by atoms with Crippen molar-refractivity contribution < 1.29 is 13.2 Å². The van der Waals surface area contributed by atoms with Gasteiger partial charge in [0.15, 0.2) is 0 Å². The lowest BCUT2D eigenvalue weighted by atomic mass is 9.96. The van der Waals surface area contributed by atoms with Crippen LogP contribution in [0.5, 0.6) is 0 Å². The van der Waals surface area contributed by atoms with Gasteiger partial charge in [-0.1, -0.05) is 12.1 Å². The van der Waals surface area contributed by atoms with Crippen LogP contribution in [0.3, 0.4) is 0 Å². The van der Waals surface area contributed by atoms with Crippen LogP contribution in [-0.2, 0) is 16.6 Å². The molecule has 8 heteroatoms. The second-order valence-corrected chi connectivity index (χ2v) is 11.1. The molecule has 2 aliphatic rings. The van der Waals surface area contributed by atoms with E-state index in [9.17, 15) is 13.2 Å². The summed E-state index contributed by atoms with van der Waals surface area (Å²) in [5.74, 6) is 0.263. The zero-order valence-corrected chi connectivity index (χ0v) is 18.8. The van der Waals surface area contributed by atoms with Gasteiger partial charge in [-0.2, -0.15) is 4.31 Å². The van der Waals surface area contributed by atoms with E-state index in [1.165, 1.54) is 15.2 Å². The number of hydrogen-bond acceptors (Lipinski definition) is 5. The molecular formula is C22H29N3O3S2. The summed E-state index contributed by atoms with van der Waals surface area (Å²) < 4.78 is 27.0. The van der Waals surface area contributed by atoms with Gasteiger partial charge in [-0.05, 0) is 74.3 Å². The maximum atomic E-state index is 12.7. The average Bonchev–Trinajstić information content (AvgIpc) is 3.48. The van der Waals surface area contributed by atoms with Gasteiger partial charge in [0.25, 0.3) is 5.91 Å². The molecule has 0 unspecified atom stereocenters. The van der Waals surface area contributed by atoms with Gasteiger partial charge < -0.3 is 5.32 Å². The van der Waals surface area contributed by atoms with Gasteiger partial charge >= 0.3 is 0 Å². The lowest BCUT2D eigenvalue weighted by Gasteiger charge is -2.31. The Kier molecular flexibility index (Phi) is 6.87. The van der Waals surface area contributed by atoms with Crippen LogP contribution in [0.4, 0.5) is 0 Å². The van der Waals surface area contributed by atoms with E-state index in [2.05, 4.69) is 27.7 Å². The van der Waals surface area contributed by atoms with Crippen molar-refractivity contribution in [1.82, 2.24) is 14.5 Å². The fourth-order valence-corrected chi connectivity index (χ4v) is 6.50. The Morgan fingerprint density at radius 1 is 1.07 bits per heavy atom. The average molecular weight is 448 g/mol. The molecule has 2 fully saturated rings. The molecule has 30 heavy (non-hydrogen) atoms. The zero-order valence-electron chi connectivity index (χ0n) is 17.1. The summed E-state index contributed by atoms with van der Waals surface area (Å²) in [6.45, 7) is 4.85. The molecule has 0 aliphatic carbocycles. The van der Waals surface area contributed by atoms with Crippen molar-refractivity contribution in [3.63, 3.8) is 0 Å². The topological polar surface area (TPSA) is 69.7 Å². The van der Waals surface area contributed by atoms with Crippen LogP contribution in [-0.4, -0.2) is 56.3 Å². The molecule has 0 atom stereocenters. The van der Waals surface area contributed by atoms with Crippen molar-refractivity contribution >= 4 is 27.3 Å². The highest BCUT2D eigenvalue weighted by atomic mass is 32.2. The van der Waals surface area contributed by atoms with Crippen molar-refractivity contribution in [1.29, 1.82) is 0 Å². The number of sulfonamides is 1. The number of thiophene rings is 1. The predicted molar refractivity (Wildman–Crippen MR) is 119 cm³/mol. The van der Waals surface area contributed by atoms with Crippen molar-refractivity contribution in [2.45, 2.75) is 37.1 Å². The van der Waals surface area contributed by atoms with Gasteiger partial charge in [-0.3, -0.25) is 9.69 Å². The molecular weight excluding hydrogens is 418 g/mol. The fourth-order valence-electron chi connectivity index (χ4n) is 4.19. The van der Waals surface area contributed by atoms with E-state index in [1.807, 2.05) is 0 Å². The van der Waals surface area contributed by atoms with Gasteiger partial charge in [-0.15, -0.1) is 11.3 Å². The van der Waals surface area contributed by atoms with E-state index in [4.69, 9.17) is 0 Å². The van der Waals surface area contributed by atoms with Crippen molar-refractivity contribution in [3.8, 4) is 0 Å². The number of carbonyl (C=O) groups excluding carboxylic acids is 1. The highest BCUT2D eigenvalue weighted by molar-refractivity contribution is 7.89. The lowest BCUT2D eigenvalue weighted by Crippen LogP contribution is -2.38. The van der Waals surface area contributed by atoms with Crippen LogP contribution in [0, 0.1) is 5.92 Å². The Labute approximate surface area is 182 Å². The van der Waals surface area contributed by atoms with Crippen molar-refractivity contribution in [2.75, 3.05) is 32.7 Å². The molecule has 0 spiro atoms. The smallest absolute Gasteiger partial charge is 0.251 e. The summed E-state index contributed by atoms with van der Waals surface area (Å²) in [7, 11) is -3.51. The zero-order chi connectivity index (χ0) is 21.0. The van der Waals surface area contributed by atoms with E-state index in [1.54, 1.807) is 29.5 Å². The van der Waals surface area contributed by atoms with Crippen LogP contribution in [0.15, 0.2) is 46.7 Å². The summed E-state index contributed by atoms with van der Waals surface area (Å²) in [6, 6.07) is 10.7. The number of nitrogens with zero attached hydrogens (tertiary/aromatic N) is 2. The normalized spacial score (nSPS) is 19.2. The molecule has 0 saturated carbocycles. The minimum atomic E-state index is -3.51. The number of amides is 1. The van der Waals surface area contributed by atoms with Crippen LogP contribution in [0.2, 0.25) is 0 Å². The molecule has 0 radical (unpaired) electrons.